The highest BCUT2D eigenvalue weighted by Gasteiger charge is 2.42. The Morgan fingerprint density at radius 2 is 2.00 bits per heavy atom. The molecule has 2 aromatic rings. The third-order valence-corrected chi connectivity index (χ3v) is 6.98. The smallest absolute Gasteiger partial charge is 0.416 e. The number of hydrogen-bond acceptors (Lipinski definition) is 4. The van der Waals surface area contributed by atoms with Crippen molar-refractivity contribution in [3.05, 3.63) is 46.6 Å². The average Bonchev–Trinajstić information content (AvgIpc) is 3.17. The molecule has 1 aliphatic heterocycles. The monoisotopic (exact) mass is 509 g/mol. The van der Waals surface area contributed by atoms with Gasteiger partial charge in [0.15, 0.2) is 5.49 Å². The lowest BCUT2D eigenvalue weighted by Crippen LogP contribution is -2.30. The number of nitrogens with zero attached hydrogens (tertiary/aromatic N) is 3. The van der Waals surface area contributed by atoms with Crippen molar-refractivity contribution in [3.63, 3.8) is 0 Å². The summed E-state index contributed by atoms with van der Waals surface area (Å²) >= 11 is 0. The van der Waals surface area contributed by atoms with Crippen molar-refractivity contribution in [2.24, 2.45) is 12.0 Å². The Hall–Kier alpha value is -2.59. The van der Waals surface area contributed by atoms with E-state index < -0.39 is 23.2 Å². The molecule has 0 unspecified atom stereocenters. The number of aliphatic hydroxyl groups is 1. The second-order valence-electron chi connectivity index (χ2n) is 10.7. The summed E-state index contributed by atoms with van der Waals surface area (Å²) in [6.45, 7) is 6.56. The molecular formula is C26H34F3N3O4. The van der Waals surface area contributed by atoms with Gasteiger partial charge in [-0.05, 0) is 57.7 Å². The first-order valence-corrected chi connectivity index (χ1v) is 12.3. The number of benzene rings is 1. The van der Waals surface area contributed by atoms with Gasteiger partial charge >= 0.3 is 6.18 Å². The molecule has 1 aromatic carbocycles. The number of carbonyl (C=O) groups excluding carboxylic acids is 1. The first-order chi connectivity index (χ1) is 16.8. The molecule has 1 aromatic heterocycles. The van der Waals surface area contributed by atoms with Crippen molar-refractivity contribution >= 4 is 5.91 Å². The van der Waals surface area contributed by atoms with Gasteiger partial charge in [0.05, 0.1) is 36.0 Å². The molecule has 1 amide bonds. The highest BCUT2D eigenvalue weighted by molar-refractivity contribution is 5.97. The molecule has 198 valence electrons. The molecule has 36 heavy (non-hydrogen) atoms. The molecule has 7 nitrogen and oxygen atoms in total. The summed E-state index contributed by atoms with van der Waals surface area (Å²) in [5.41, 5.74) is -0.854. The quantitative estimate of drug-likeness (QED) is 0.574. The molecule has 4 rings (SSSR count). The van der Waals surface area contributed by atoms with E-state index in [1.165, 1.54) is 0 Å². The number of carbonyl (C=O) groups is 1. The van der Waals surface area contributed by atoms with Crippen molar-refractivity contribution in [2.45, 2.75) is 82.7 Å². The number of ether oxygens (including phenoxy) is 2. The van der Waals surface area contributed by atoms with Crippen LogP contribution in [0, 0.1) is 0 Å². The minimum atomic E-state index is -4.62. The maximum Gasteiger partial charge on any atom is 0.416 e. The first-order valence-electron chi connectivity index (χ1n) is 12.3. The van der Waals surface area contributed by atoms with Gasteiger partial charge in [0.1, 0.15) is 5.75 Å². The molecule has 0 bridgehead atoms. The van der Waals surface area contributed by atoms with Crippen LogP contribution >= 0.6 is 0 Å². The number of halogens is 3. The third-order valence-electron chi connectivity index (χ3n) is 6.98. The summed E-state index contributed by atoms with van der Waals surface area (Å²) < 4.78 is 55.6. The zero-order valence-electron chi connectivity index (χ0n) is 21.2. The Morgan fingerprint density at radius 1 is 1.28 bits per heavy atom. The maximum atomic E-state index is 13.4. The van der Waals surface area contributed by atoms with Crippen LogP contribution in [-0.4, -0.2) is 45.3 Å². The van der Waals surface area contributed by atoms with Gasteiger partial charge in [0.25, 0.3) is 5.91 Å². The van der Waals surface area contributed by atoms with Crippen LogP contribution in [0.2, 0.25) is 0 Å². The molecule has 10 heteroatoms. The van der Waals surface area contributed by atoms with E-state index in [1.54, 1.807) is 13.8 Å². The minimum absolute atomic E-state index is 0.00279. The lowest BCUT2D eigenvalue weighted by atomic mass is 10.1. The van der Waals surface area contributed by atoms with Crippen molar-refractivity contribution < 1.29 is 32.5 Å². The van der Waals surface area contributed by atoms with Gasteiger partial charge in [-0.3, -0.25) is 14.2 Å². The Morgan fingerprint density at radius 3 is 2.58 bits per heavy atom. The Labute approximate surface area is 208 Å². The van der Waals surface area contributed by atoms with Crippen molar-refractivity contribution in [3.8, 4) is 5.75 Å². The van der Waals surface area contributed by atoms with Crippen LogP contribution in [0.5, 0.6) is 5.75 Å². The second kappa shape index (κ2) is 9.70. The fraction of sp³-hybridized carbons (Fsp3) is 0.615. The molecular weight excluding hydrogens is 475 g/mol. The van der Waals surface area contributed by atoms with Crippen molar-refractivity contribution in [1.82, 2.24) is 9.36 Å². The van der Waals surface area contributed by atoms with Crippen molar-refractivity contribution in [2.75, 3.05) is 13.2 Å². The predicted octanol–water partition coefficient (Wildman–Crippen LogP) is 4.36. The summed E-state index contributed by atoms with van der Waals surface area (Å²) in [4.78, 5) is 17.6. The summed E-state index contributed by atoms with van der Waals surface area (Å²) in [5, 5.41) is 9.94. The normalized spacial score (nSPS) is 20.1. The van der Waals surface area contributed by atoms with Crippen LogP contribution < -0.4 is 10.2 Å². The molecule has 0 radical (unpaired) electrons. The summed E-state index contributed by atoms with van der Waals surface area (Å²) in [6, 6.07) is 4.64. The number of rotatable bonds is 8. The molecule has 1 saturated carbocycles. The number of alkyl halides is 3. The maximum absolute atomic E-state index is 13.4. The fourth-order valence-electron chi connectivity index (χ4n) is 4.44. The van der Waals surface area contributed by atoms with E-state index in [1.807, 2.05) is 22.5 Å². The predicted molar refractivity (Wildman–Crippen MR) is 127 cm³/mol. The topological polar surface area (TPSA) is 78.0 Å². The molecule has 1 atom stereocenters. The number of amides is 1. The molecule has 1 aliphatic carbocycles. The van der Waals surface area contributed by atoms with Crippen LogP contribution in [0.15, 0.2) is 29.3 Å². The number of aromatic nitrogens is 2. The molecule has 1 N–H and O–H groups in total. The Balaban J connectivity index is 1.73. The fourth-order valence-corrected chi connectivity index (χ4v) is 4.44. The second-order valence-corrected chi connectivity index (χ2v) is 10.7. The zero-order chi connectivity index (χ0) is 26.3. The number of hydrogen-bond donors (Lipinski definition) is 1. The lowest BCUT2D eigenvalue weighted by Gasteiger charge is -2.18. The van der Waals surface area contributed by atoms with Crippen LogP contribution in [0.1, 0.15) is 74.5 Å². The van der Waals surface area contributed by atoms with E-state index >= 15 is 0 Å². The van der Waals surface area contributed by atoms with Crippen LogP contribution in [0.4, 0.5) is 13.2 Å². The van der Waals surface area contributed by atoms with Gasteiger partial charge in [-0.1, -0.05) is 6.92 Å². The van der Waals surface area contributed by atoms with E-state index in [0.29, 0.717) is 18.6 Å². The zero-order valence-corrected chi connectivity index (χ0v) is 21.2. The summed E-state index contributed by atoms with van der Waals surface area (Å²) in [5.74, 6) is -0.824. The standard InChI is InChI=1S/C26H34F3N3O4/c1-24(2,34)11-13-36-20-8-7-17(26(27,28)29)14-19(20)23(33)30-22-15-21(25(3)9-10-25)31(4)32(22)16-18-6-5-12-35-18/h7-8,14-15,18,34H,5-6,9-13,16H2,1-4H3/t18-/m1/s1. The van der Waals surface area contributed by atoms with Gasteiger partial charge in [0.2, 0.25) is 0 Å². The Bertz CT molecular complexity index is 1180. The largest absolute Gasteiger partial charge is 0.493 e. The van der Waals surface area contributed by atoms with Gasteiger partial charge < -0.3 is 14.6 Å². The molecule has 2 heterocycles. The SMILES string of the molecule is Cn1c(C2(C)CC2)cc(=NC(=O)c2cc(C(F)(F)F)ccc2OCCC(C)(C)O)n1C[C@H]1CCCO1. The molecule has 2 fully saturated rings. The van der Waals surface area contributed by atoms with Gasteiger partial charge in [-0.25, -0.2) is 0 Å². The highest BCUT2D eigenvalue weighted by Crippen LogP contribution is 2.47. The van der Waals surface area contributed by atoms with Crippen molar-refractivity contribution in [1.29, 1.82) is 0 Å². The first kappa shape index (κ1) is 26.5. The third kappa shape index (κ3) is 6.03. The summed E-state index contributed by atoms with van der Waals surface area (Å²) in [6.07, 6.45) is -0.508. The summed E-state index contributed by atoms with van der Waals surface area (Å²) in [7, 11) is 1.91. The van der Waals surface area contributed by atoms with Gasteiger partial charge in [-0.15, -0.1) is 0 Å². The average molecular weight is 510 g/mol. The van der Waals surface area contributed by atoms with E-state index in [9.17, 15) is 23.1 Å². The van der Waals surface area contributed by atoms with Gasteiger partial charge in [-0.2, -0.15) is 18.2 Å². The van der Waals surface area contributed by atoms with E-state index in [4.69, 9.17) is 9.47 Å². The molecule has 2 aliphatic rings. The highest BCUT2D eigenvalue weighted by atomic mass is 19.4. The lowest BCUT2D eigenvalue weighted by molar-refractivity contribution is -0.137. The minimum Gasteiger partial charge on any atom is -0.493 e. The van der Waals surface area contributed by atoms with E-state index in [0.717, 1.165) is 49.6 Å². The van der Waals surface area contributed by atoms with E-state index in [-0.39, 0.29) is 35.9 Å². The Kier molecular flexibility index (Phi) is 7.13. The van der Waals surface area contributed by atoms with Gasteiger partial charge in [0, 0.05) is 37.3 Å². The van der Waals surface area contributed by atoms with Crippen LogP contribution in [0.25, 0.3) is 0 Å². The molecule has 1 saturated heterocycles. The van der Waals surface area contributed by atoms with Crippen LogP contribution in [-0.2, 0) is 29.9 Å². The van der Waals surface area contributed by atoms with Crippen LogP contribution in [0.3, 0.4) is 0 Å². The van der Waals surface area contributed by atoms with E-state index in [2.05, 4.69) is 11.9 Å². The molecule has 0 spiro atoms.